The van der Waals surface area contributed by atoms with Crippen molar-refractivity contribution in [1.82, 2.24) is 0 Å². The zero-order chi connectivity index (χ0) is 9.84. The van der Waals surface area contributed by atoms with Crippen molar-refractivity contribution >= 4 is 0 Å². The summed E-state index contributed by atoms with van der Waals surface area (Å²) in [7, 11) is 0. The summed E-state index contributed by atoms with van der Waals surface area (Å²) in [4.78, 5) is 0. The molecule has 0 amide bonds. The van der Waals surface area contributed by atoms with Crippen LogP contribution in [-0.2, 0) is 0 Å². The summed E-state index contributed by atoms with van der Waals surface area (Å²) in [6.07, 6.45) is 0.283. The molecule has 0 heterocycles. The van der Waals surface area contributed by atoms with Gasteiger partial charge in [-0.1, -0.05) is 12.1 Å². The highest BCUT2D eigenvalue weighted by molar-refractivity contribution is 5.26. The first kappa shape index (κ1) is 10.1. The summed E-state index contributed by atoms with van der Waals surface area (Å²) in [6, 6.07) is 4.30. The van der Waals surface area contributed by atoms with Crippen LogP contribution >= 0.6 is 0 Å². The molecule has 2 N–H and O–H groups in total. The van der Waals surface area contributed by atoms with Crippen molar-refractivity contribution in [2.24, 2.45) is 5.73 Å². The number of alkyl halides is 1. The molecule has 0 aromatic heterocycles. The summed E-state index contributed by atoms with van der Waals surface area (Å²) < 4.78 is 24.8. The third-order valence-corrected chi connectivity index (χ3v) is 2.03. The number of aryl methyl sites for hydroxylation is 1. The van der Waals surface area contributed by atoms with Gasteiger partial charge in [0.1, 0.15) is 5.82 Å². The van der Waals surface area contributed by atoms with Crippen LogP contribution in [-0.4, -0.2) is 6.67 Å². The molecular weight excluding hydrogens is 172 g/mol. The largest absolute Gasteiger partial charge is 0.324 e. The minimum atomic E-state index is -0.447. The molecule has 0 radical (unpaired) electrons. The van der Waals surface area contributed by atoms with E-state index in [2.05, 4.69) is 0 Å². The van der Waals surface area contributed by atoms with Gasteiger partial charge in [-0.25, -0.2) is 4.39 Å². The molecule has 1 rings (SSSR count). The molecule has 0 bridgehead atoms. The molecule has 0 unspecified atom stereocenters. The fourth-order valence-corrected chi connectivity index (χ4v) is 1.18. The number of nitrogens with two attached hydrogens (primary N) is 1. The first-order valence-corrected chi connectivity index (χ1v) is 4.22. The topological polar surface area (TPSA) is 26.0 Å². The second-order valence-corrected chi connectivity index (χ2v) is 3.09. The molecular formula is C10H13F2N. The smallest absolute Gasteiger partial charge is 0.126 e. The van der Waals surface area contributed by atoms with E-state index in [9.17, 15) is 8.78 Å². The highest BCUT2D eigenvalue weighted by Crippen LogP contribution is 2.17. The molecule has 13 heavy (non-hydrogen) atoms. The number of benzene rings is 1. The maximum absolute atomic E-state index is 12.8. The van der Waals surface area contributed by atoms with E-state index in [1.807, 2.05) is 0 Å². The summed E-state index contributed by atoms with van der Waals surface area (Å²) >= 11 is 0. The first-order chi connectivity index (χ1) is 6.15. The average Bonchev–Trinajstić information content (AvgIpc) is 2.10. The van der Waals surface area contributed by atoms with Crippen molar-refractivity contribution in [1.29, 1.82) is 0 Å². The number of hydrogen-bond acceptors (Lipinski definition) is 1. The van der Waals surface area contributed by atoms with Crippen LogP contribution in [0.4, 0.5) is 8.78 Å². The molecule has 0 aliphatic carbocycles. The Hall–Kier alpha value is -0.960. The lowest BCUT2D eigenvalue weighted by molar-refractivity contribution is 0.441. The Labute approximate surface area is 76.6 Å². The number of hydrogen-bond donors (Lipinski definition) is 1. The lowest BCUT2D eigenvalue weighted by Gasteiger charge is -2.10. The van der Waals surface area contributed by atoms with Crippen molar-refractivity contribution < 1.29 is 8.78 Å². The van der Waals surface area contributed by atoms with E-state index in [0.29, 0.717) is 5.56 Å². The van der Waals surface area contributed by atoms with Gasteiger partial charge in [-0.2, -0.15) is 0 Å². The molecule has 1 atom stereocenters. The zero-order valence-electron chi connectivity index (χ0n) is 7.56. The van der Waals surface area contributed by atoms with E-state index >= 15 is 0 Å². The Balaban J connectivity index is 2.84. The quantitative estimate of drug-likeness (QED) is 0.769. The fraction of sp³-hybridized carbons (Fsp3) is 0.400. The molecule has 0 spiro atoms. The maximum Gasteiger partial charge on any atom is 0.126 e. The van der Waals surface area contributed by atoms with Gasteiger partial charge in [0.2, 0.25) is 0 Å². The molecule has 0 fully saturated rings. The number of rotatable bonds is 3. The highest BCUT2D eigenvalue weighted by Gasteiger charge is 2.06. The Kier molecular flexibility index (Phi) is 3.37. The van der Waals surface area contributed by atoms with Crippen LogP contribution in [0.3, 0.4) is 0 Å². The SMILES string of the molecule is Cc1cc([C@@H](N)CCF)ccc1F. The van der Waals surface area contributed by atoms with E-state index in [4.69, 9.17) is 5.73 Å². The van der Waals surface area contributed by atoms with Crippen LogP contribution in [0.25, 0.3) is 0 Å². The summed E-state index contributed by atoms with van der Waals surface area (Å²) in [5, 5.41) is 0. The van der Waals surface area contributed by atoms with Gasteiger partial charge < -0.3 is 5.73 Å². The normalized spacial score (nSPS) is 12.9. The monoisotopic (exact) mass is 185 g/mol. The van der Waals surface area contributed by atoms with Gasteiger partial charge >= 0.3 is 0 Å². The van der Waals surface area contributed by atoms with E-state index in [0.717, 1.165) is 5.56 Å². The first-order valence-electron chi connectivity index (χ1n) is 4.22. The van der Waals surface area contributed by atoms with E-state index < -0.39 is 6.67 Å². The third kappa shape index (κ3) is 2.49. The molecule has 1 nitrogen and oxygen atoms in total. The van der Waals surface area contributed by atoms with Crippen LogP contribution in [0.2, 0.25) is 0 Å². The summed E-state index contributed by atoms with van der Waals surface area (Å²) in [5.41, 5.74) is 7.00. The molecule has 1 aromatic rings. The van der Waals surface area contributed by atoms with Gasteiger partial charge in [0.25, 0.3) is 0 Å². The van der Waals surface area contributed by atoms with Crippen molar-refractivity contribution in [3.63, 3.8) is 0 Å². The highest BCUT2D eigenvalue weighted by atomic mass is 19.1. The van der Waals surface area contributed by atoms with E-state index in [-0.39, 0.29) is 18.3 Å². The van der Waals surface area contributed by atoms with E-state index in [1.165, 1.54) is 6.07 Å². The molecule has 0 aliphatic rings. The summed E-state index contributed by atoms with van der Waals surface area (Å²) in [5.74, 6) is -0.254. The molecule has 0 saturated carbocycles. The number of halogens is 2. The zero-order valence-corrected chi connectivity index (χ0v) is 7.56. The van der Waals surface area contributed by atoms with Crippen molar-refractivity contribution in [2.75, 3.05) is 6.67 Å². The second kappa shape index (κ2) is 4.33. The lowest BCUT2D eigenvalue weighted by atomic mass is 10.0. The van der Waals surface area contributed by atoms with Gasteiger partial charge in [0.05, 0.1) is 6.67 Å². The Morgan fingerprint density at radius 2 is 2.15 bits per heavy atom. The average molecular weight is 185 g/mol. The van der Waals surface area contributed by atoms with Crippen LogP contribution < -0.4 is 5.73 Å². The molecule has 72 valence electrons. The molecule has 0 aliphatic heterocycles. The predicted molar refractivity (Wildman–Crippen MR) is 48.7 cm³/mol. The fourth-order valence-electron chi connectivity index (χ4n) is 1.18. The standard InChI is InChI=1S/C10H13F2N/c1-7-6-8(2-3-9(7)12)10(13)4-5-11/h2-3,6,10H,4-5,13H2,1H3/t10-/m0/s1. The van der Waals surface area contributed by atoms with Gasteiger partial charge in [-0.15, -0.1) is 0 Å². The van der Waals surface area contributed by atoms with Crippen LogP contribution in [0.5, 0.6) is 0 Å². The molecule has 0 saturated heterocycles. The minimum absolute atomic E-state index is 0.254. The maximum atomic E-state index is 12.8. The Bertz CT molecular complexity index is 286. The van der Waals surface area contributed by atoms with Gasteiger partial charge in [0.15, 0.2) is 0 Å². The predicted octanol–water partition coefficient (Wildman–Crippen LogP) is 2.49. The molecule has 1 aromatic carbocycles. The van der Waals surface area contributed by atoms with Crippen LogP contribution in [0.15, 0.2) is 18.2 Å². The van der Waals surface area contributed by atoms with Crippen molar-refractivity contribution in [2.45, 2.75) is 19.4 Å². The molecule has 3 heteroatoms. The Morgan fingerprint density at radius 3 is 2.69 bits per heavy atom. The van der Waals surface area contributed by atoms with Gasteiger partial charge in [0, 0.05) is 6.04 Å². The van der Waals surface area contributed by atoms with E-state index in [1.54, 1.807) is 19.1 Å². The van der Waals surface area contributed by atoms with Crippen molar-refractivity contribution in [3.8, 4) is 0 Å². The lowest BCUT2D eigenvalue weighted by Crippen LogP contribution is -2.11. The van der Waals surface area contributed by atoms with Gasteiger partial charge in [-0.3, -0.25) is 4.39 Å². The second-order valence-electron chi connectivity index (χ2n) is 3.09. The Morgan fingerprint density at radius 1 is 1.46 bits per heavy atom. The van der Waals surface area contributed by atoms with Crippen LogP contribution in [0.1, 0.15) is 23.6 Å². The van der Waals surface area contributed by atoms with Gasteiger partial charge in [-0.05, 0) is 30.5 Å². The van der Waals surface area contributed by atoms with Crippen LogP contribution in [0, 0.1) is 12.7 Å². The minimum Gasteiger partial charge on any atom is -0.324 e. The third-order valence-electron chi connectivity index (χ3n) is 2.03. The van der Waals surface area contributed by atoms with Crippen molar-refractivity contribution in [3.05, 3.63) is 35.1 Å². The summed E-state index contributed by atoms with van der Waals surface area (Å²) in [6.45, 7) is 1.22.